The lowest BCUT2D eigenvalue weighted by molar-refractivity contribution is -0.125. The molecule has 0 spiro atoms. The molecule has 2 aromatic heterocycles. The van der Waals surface area contributed by atoms with E-state index in [2.05, 4.69) is 20.6 Å². The molecule has 0 bridgehead atoms. The normalized spacial score (nSPS) is 15.6. The second kappa shape index (κ2) is 10.6. The summed E-state index contributed by atoms with van der Waals surface area (Å²) >= 11 is 1.21. The Hall–Kier alpha value is -3.80. The van der Waals surface area contributed by atoms with Gasteiger partial charge in [0.15, 0.2) is 10.8 Å². The third kappa shape index (κ3) is 5.32. The summed E-state index contributed by atoms with van der Waals surface area (Å²) in [7, 11) is 1.26. The summed E-state index contributed by atoms with van der Waals surface area (Å²) in [6.45, 7) is 3.46. The number of nitrogens with zero attached hydrogens (tertiary/aromatic N) is 4. The summed E-state index contributed by atoms with van der Waals surface area (Å²) in [6, 6.07) is 6.46. The van der Waals surface area contributed by atoms with Crippen LogP contribution >= 0.6 is 11.3 Å². The number of methoxy groups -OCH3 is 1. The van der Waals surface area contributed by atoms with Gasteiger partial charge in [-0.25, -0.2) is 9.78 Å². The summed E-state index contributed by atoms with van der Waals surface area (Å²) in [5.74, 6) is -1.17. The fourth-order valence-electron chi connectivity index (χ4n) is 3.99. The number of ether oxygens (including phenoxy) is 1. The summed E-state index contributed by atoms with van der Waals surface area (Å²) in [6.07, 6.45) is 2.95. The van der Waals surface area contributed by atoms with Gasteiger partial charge >= 0.3 is 5.97 Å². The quantitative estimate of drug-likeness (QED) is 0.469. The number of fused-ring (bicyclic) bond motifs is 1. The Morgan fingerprint density at radius 1 is 1.26 bits per heavy atom. The second-order valence-electron chi connectivity index (χ2n) is 8.09. The molecule has 0 saturated carbocycles. The van der Waals surface area contributed by atoms with E-state index in [1.807, 2.05) is 11.8 Å². The van der Waals surface area contributed by atoms with Crippen molar-refractivity contribution in [2.45, 2.75) is 26.3 Å². The lowest BCUT2D eigenvalue weighted by Crippen LogP contribution is -2.43. The molecule has 11 nitrogen and oxygen atoms in total. The van der Waals surface area contributed by atoms with Crippen molar-refractivity contribution in [3.05, 3.63) is 46.5 Å². The molecule has 0 unspecified atom stereocenters. The van der Waals surface area contributed by atoms with Crippen LogP contribution in [-0.2, 0) is 20.9 Å². The van der Waals surface area contributed by atoms with E-state index in [9.17, 15) is 19.2 Å². The Bertz CT molecular complexity index is 1320. The summed E-state index contributed by atoms with van der Waals surface area (Å²) in [5.41, 5.74) is 0.428. The number of amides is 2. The molecule has 0 radical (unpaired) electrons. The van der Waals surface area contributed by atoms with Crippen molar-refractivity contribution in [1.82, 2.24) is 19.9 Å². The lowest BCUT2D eigenvalue weighted by Gasteiger charge is -2.31. The topological polar surface area (TPSA) is 136 Å². The molecule has 1 atom stereocenters. The van der Waals surface area contributed by atoms with Crippen LogP contribution in [0.15, 0.2) is 35.4 Å². The third-order valence-corrected chi connectivity index (χ3v) is 6.80. The largest absolute Gasteiger partial charge is 0.465 e. The van der Waals surface area contributed by atoms with Gasteiger partial charge in [-0.1, -0.05) is 23.5 Å². The maximum Gasteiger partial charge on any atom is 0.339 e. The fraction of sp³-hybridized carbons (Fsp3) is 0.391. The van der Waals surface area contributed by atoms with Gasteiger partial charge in [0.05, 0.1) is 24.3 Å². The van der Waals surface area contributed by atoms with Gasteiger partial charge in [0, 0.05) is 19.6 Å². The Kier molecular flexibility index (Phi) is 7.39. The zero-order chi connectivity index (χ0) is 24.9. The van der Waals surface area contributed by atoms with E-state index < -0.39 is 11.9 Å². The van der Waals surface area contributed by atoms with Crippen LogP contribution in [0.1, 0.15) is 30.1 Å². The smallest absolute Gasteiger partial charge is 0.339 e. The molecule has 2 amide bonds. The maximum absolute atomic E-state index is 13.0. The standard InChI is InChI=1S/C23H26N6O5S/c1-3-24-20(31)14-7-6-10-28(11-14)23-27-19-18(35-23)21(32)29(13-25-19)12-17(30)26-16-9-5-4-8-15(16)22(33)34-2/h4-5,8-9,13-14H,3,6-7,10-12H2,1-2H3,(H,24,31)(H,26,30)/t14-/m1/s1. The summed E-state index contributed by atoms with van der Waals surface area (Å²) in [5, 5.41) is 6.15. The molecule has 1 aliphatic heterocycles. The average Bonchev–Trinajstić information content (AvgIpc) is 3.31. The number of hydrogen-bond acceptors (Lipinski definition) is 9. The number of aromatic nitrogens is 3. The Balaban J connectivity index is 1.51. The van der Waals surface area contributed by atoms with Crippen molar-refractivity contribution < 1.29 is 19.1 Å². The van der Waals surface area contributed by atoms with E-state index in [1.165, 1.54) is 35.4 Å². The molecule has 12 heteroatoms. The highest BCUT2D eigenvalue weighted by molar-refractivity contribution is 7.22. The van der Waals surface area contributed by atoms with Gasteiger partial charge in [-0.2, -0.15) is 4.98 Å². The Morgan fingerprint density at radius 3 is 2.83 bits per heavy atom. The molecule has 1 fully saturated rings. The van der Waals surface area contributed by atoms with Crippen molar-refractivity contribution >= 4 is 50.3 Å². The number of thiazole rings is 1. The number of carbonyl (C=O) groups is 3. The molecule has 4 rings (SSSR count). The van der Waals surface area contributed by atoms with Crippen LogP contribution in [-0.4, -0.2) is 59.1 Å². The van der Waals surface area contributed by atoms with Crippen LogP contribution in [0.25, 0.3) is 10.3 Å². The van der Waals surface area contributed by atoms with Gasteiger partial charge in [0.25, 0.3) is 5.56 Å². The Labute approximate surface area is 205 Å². The molecule has 2 N–H and O–H groups in total. The minimum absolute atomic E-state index is 0.0265. The van der Waals surface area contributed by atoms with Gasteiger partial charge in [-0.15, -0.1) is 0 Å². The molecule has 35 heavy (non-hydrogen) atoms. The number of nitrogens with one attached hydrogen (secondary N) is 2. The Morgan fingerprint density at radius 2 is 2.06 bits per heavy atom. The third-order valence-electron chi connectivity index (χ3n) is 5.71. The van der Waals surface area contributed by atoms with E-state index in [-0.39, 0.29) is 29.5 Å². The summed E-state index contributed by atoms with van der Waals surface area (Å²) < 4.78 is 6.28. The zero-order valence-electron chi connectivity index (χ0n) is 19.4. The molecule has 184 valence electrons. The number of benzene rings is 1. The number of esters is 1. The highest BCUT2D eigenvalue weighted by Crippen LogP contribution is 2.29. The van der Waals surface area contributed by atoms with Crippen molar-refractivity contribution in [2.24, 2.45) is 5.92 Å². The molecule has 1 aliphatic rings. The van der Waals surface area contributed by atoms with Gasteiger partial charge < -0.3 is 20.3 Å². The zero-order valence-corrected chi connectivity index (χ0v) is 20.3. The van der Waals surface area contributed by atoms with Crippen molar-refractivity contribution in [3.63, 3.8) is 0 Å². The van der Waals surface area contributed by atoms with E-state index >= 15 is 0 Å². The fourth-order valence-corrected chi connectivity index (χ4v) is 4.99. The van der Waals surface area contributed by atoms with Gasteiger partial charge in [-0.05, 0) is 31.9 Å². The maximum atomic E-state index is 13.0. The van der Waals surface area contributed by atoms with E-state index in [1.54, 1.807) is 18.2 Å². The van der Waals surface area contributed by atoms with Gasteiger partial charge in [0.2, 0.25) is 11.8 Å². The number of piperidine rings is 1. The first-order chi connectivity index (χ1) is 16.9. The van der Waals surface area contributed by atoms with E-state index in [4.69, 9.17) is 4.74 Å². The first kappa shape index (κ1) is 24.3. The van der Waals surface area contributed by atoms with Crippen LogP contribution in [0.4, 0.5) is 10.8 Å². The predicted molar refractivity (Wildman–Crippen MR) is 132 cm³/mol. The van der Waals surface area contributed by atoms with E-state index in [0.29, 0.717) is 34.3 Å². The first-order valence-electron chi connectivity index (χ1n) is 11.3. The first-order valence-corrected chi connectivity index (χ1v) is 12.1. The van der Waals surface area contributed by atoms with E-state index in [0.717, 1.165) is 19.4 Å². The van der Waals surface area contributed by atoms with Crippen molar-refractivity contribution in [1.29, 1.82) is 0 Å². The highest BCUT2D eigenvalue weighted by Gasteiger charge is 2.27. The van der Waals surface area contributed by atoms with Crippen LogP contribution in [0.3, 0.4) is 0 Å². The number of anilines is 2. The van der Waals surface area contributed by atoms with Crippen LogP contribution < -0.4 is 21.1 Å². The SMILES string of the molecule is CCNC(=O)[C@@H]1CCCN(c2nc3ncn(CC(=O)Nc4ccccc4C(=O)OC)c(=O)c3s2)C1. The van der Waals surface area contributed by atoms with Crippen LogP contribution in [0.2, 0.25) is 0 Å². The van der Waals surface area contributed by atoms with Crippen molar-refractivity contribution in [3.8, 4) is 0 Å². The summed E-state index contributed by atoms with van der Waals surface area (Å²) in [4.78, 5) is 60.7. The molecule has 3 aromatic rings. The van der Waals surface area contributed by atoms with Gasteiger partial charge in [0.1, 0.15) is 17.6 Å². The minimum Gasteiger partial charge on any atom is -0.465 e. The highest BCUT2D eigenvalue weighted by atomic mass is 32.1. The number of rotatable bonds is 7. The minimum atomic E-state index is -0.578. The number of carbonyl (C=O) groups excluding carboxylic acids is 3. The molecular weight excluding hydrogens is 472 g/mol. The lowest BCUT2D eigenvalue weighted by atomic mass is 9.97. The van der Waals surface area contributed by atoms with Gasteiger partial charge in [-0.3, -0.25) is 19.0 Å². The monoisotopic (exact) mass is 498 g/mol. The number of hydrogen-bond donors (Lipinski definition) is 2. The second-order valence-corrected chi connectivity index (χ2v) is 9.07. The van der Waals surface area contributed by atoms with Crippen molar-refractivity contribution in [2.75, 3.05) is 37.0 Å². The molecule has 0 aliphatic carbocycles. The molecule has 1 aromatic carbocycles. The average molecular weight is 499 g/mol. The van der Waals surface area contributed by atoms with Crippen LogP contribution in [0, 0.1) is 5.92 Å². The molecule has 1 saturated heterocycles. The number of para-hydroxylation sites is 1. The van der Waals surface area contributed by atoms with Crippen LogP contribution in [0.5, 0.6) is 0 Å². The molecular formula is C23H26N6O5S. The molecule has 3 heterocycles. The predicted octanol–water partition coefficient (Wildman–Crippen LogP) is 1.63.